The lowest BCUT2D eigenvalue weighted by Crippen LogP contribution is -2.42. The van der Waals surface area contributed by atoms with Crippen LogP contribution in [0.1, 0.15) is 35.1 Å². The van der Waals surface area contributed by atoms with E-state index in [9.17, 15) is 4.79 Å². The van der Waals surface area contributed by atoms with Crippen LogP contribution in [0.25, 0.3) is 0 Å². The molecule has 0 atom stereocenters. The van der Waals surface area contributed by atoms with Gasteiger partial charge in [0.25, 0.3) is 0 Å². The molecule has 0 radical (unpaired) electrons. The second-order valence-electron chi connectivity index (χ2n) is 7.40. The molecule has 0 N–H and O–H groups in total. The van der Waals surface area contributed by atoms with Crippen molar-refractivity contribution in [2.45, 2.75) is 38.1 Å². The van der Waals surface area contributed by atoms with Crippen molar-refractivity contribution in [3.05, 3.63) is 58.7 Å². The Morgan fingerprint density at radius 3 is 2.19 bits per heavy atom. The van der Waals surface area contributed by atoms with Crippen molar-refractivity contribution in [3.63, 3.8) is 0 Å². The smallest absolute Gasteiger partial charge is 0.233 e. The van der Waals surface area contributed by atoms with Crippen molar-refractivity contribution in [1.29, 1.82) is 0 Å². The van der Waals surface area contributed by atoms with E-state index in [0.717, 1.165) is 48.4 Å². The molecule has 0 bridgehead atoms. The van der Waals surface area contributed by atoms with Gasteiger partial charge < -0.3 is 14.4 Å². The molecule has 2 aromatic rings. The van der Waals surface area contributed by atoms with Gasteiger partial charge in [-0.2, -0.15) is 0 Å². The van der Waals surface area contributed by atoms with Crippen molar-refractivity contribution in [2.75, 3.05) is 20.8 Å². The Kier molecular flexibility index (Phi) is 4.14. The van der Waals surface area contributed by atoms with Gasteiger partial charge in [-0.05, 0) is 55.0 Å². The number of benzene rings is 2. The molecule has 1 fully saturated rings. The average Bonchev–Trinajstić information content (AvgIpc) is 3.48. The summed E-state index contributed by atoms with van der Waals surface area (Å²) in [5.74, 6) is 1.74. The predicted octanol–water partition coefficient (Wildman–Crippen LogP) is 3.63. The maximum Gasteiger partial charge on any atom is 0.233 e. The van der Waals surface area contributed by atoms with Crippen molar-refractivity contribution < 1.29 is 14.3 Å². The topological polar surface area (TPSA) is 38.8 Å². The fourth-order valence-corrected chi connectivity index (χ4v) is 3.98. The van der Waals surface area contributed by atoms with Crippen LogP contribution >= 0.6 is 0 Å². The van der Waals surface area contributed by atoms with Gasteiger partial charge in [0.05, 0.1) is 19.6 Å². The minimum atomic E-state index is -0.304. The van der Waals surface area contributed by atoms with Gasteiger partial charge in [0.15, 0.2) is 11.5 Å². The van der Waals surface area contributed by atoms with Gasteiger partial charge in [0, 0.05) is 13.1 Å². The van der Waals surface area contributed by atoms with Crippen LogP contribution in [0.5, 0.6) is 11.5 Å². The zero-order valence-corrected chi connectivity index (χ0v) is 15.7. The van der Waals surface area contributed by atoms with E-state index in [2.05, 4.69) is 31.2 Å². The molecule has 0 unspecified atom stereocenters. The third kappa shape index (κ3) is 2.74. The van der Waals surface area contributed by atoms with E-state index in [1.54, 1.807) is 14.2 Å². The second kappa shape index (κ2) is 6.35. The molecule has 1 amide bonds. The lowest BCUT2D eigenvalue weighted by molar-refractivity contribution is -0.134. The Balaban J connectivity index is 1.59. The van der Waals surface area contributed by atoms with E-state index >= 15 is 0 Å². The van der Waals surface area contributed by atoms with Gasteiger partial charge in [-0.15, -0.1) is 0 Å². The Morgan fingerprint density at radius 1 is 1.00 bits per heavy atom. The largest absolute Gasteiger partial charge is 0.493 e. The molecular formula is C22H25NO3. The maximum atomic E-state index is 13.3. The summed E-state index contributed by atoms with van der Waals surface area (Å²) in [4.78, 5) is 15.3. The van der Waals surface area contributed by atoms with Gasteiger partial charge in [-0.3, -0.25) is 4.79 Å². The molecule has 2 aromatic carbocycles. The second-order valence-corrected chi connectivity index (χ2v) is 7.40. The zero-order chi connectivity index (χ0) is 18.3. The molecule has 1 heterocycles. The van der Waals surface area contributed by atoms with Gasteiger partial charge >= 0.3 is 0 Å². The number of nitrogens with zero attached hydrogens (tertiary/aromatic N) is 1. The van der Waals surface area contributed by atoms with Gasteiger partial charge in [-0.25, -0.2) is 0 Å². The first-order valence-electron chi connectivity index (χ1n) is 9.18. The molecule has 4 nitrogen and oxygen atoms in total. The van der Waals surface area contributed by atoms with Gasteiger partial charge in [0.1, 0.15) is 0 Å². The molecule has 0 saturated heterocycles. The first kappa shape index (κ1) is 17.0. The number of carbonyl (C=O) groups is 1. The minimum absolute atomic E-state index is 0.266. The first-order chi connectivity index (χ1) is 12.6. The quantitative estimate of drug-likeness (QED) is 0.844. The molecule has 4 heteroatoms. The van der Waals surface area contributed by atoms with Crippen LogP contribution in [0, 0.1) is 6.92 Å². The van der Waals surface area contributed by atoms with Gasteiger partial charge in [0.2, 0.25) is 5.91 Å². The van der Waals surface area contributed by atoms with Crippen LogP contribution in [0.2, 0.25) is 0 Å². The Morgan fingerprint density at radius 2 is 1.62 bits per heavy atom. The van der Waals surface area contributed by atoms with Crippen LogP contribution in [0.15, 0.2) is 36.4 Å². The van der Waals surface area contributed by atoms with E-state index in [1.165, 1.54) is 11.1 Å². The Labute approximate surface area is 154 Å². The van der Waals surface area contributed by atoms with E-state index < -0.39 is 0 Å². The Hall–Kier alpha value is -2.49. The summed E-state index contributed by atoms with van der Waals surface area (Å²) >= 11 is 0. The molecule has 26 heavy (non-hydrogen) atoms. The molecule has 1 aliphatic carbocycles. The monoisotopic (exact) mass is 351 g/mol. The minimum Gasteiger partial charge on any atom is -0.493 e. The normalized spacial score (nSPS) is 17.4. The van der Waals surface area contributed by atoms with Crippen LogP contribution in [-0.4, -0.2) is 31.6 Å². The number of amides is 1. The number of rotatable bonds is 4. The SMILES string of the molecule is COc1cc2c(cc1OC)CN(C(=O)C1(c3ccc(C)cc3)CC1)CC2. The van der Waals surface area contributed by atoms with E-state index in [-0.39, 0.29) is 11.3 Å². The lowest BCUT2D eigenvalue weighted by Gasteiger charge is -2.32. The van der Waals surface area contributed by atoms with E-state index in [4.69, 9.17) is 9.47 Å². The van der Waals surface area contributed by atoms with Crippen LogP contribution < -0.4 is 9.47 Å². The fraction of sp³-hybridized carbons (Fsp3) is 0.409. The number of methoxy groups -OCH3 is 2. The predicted molar refractivity (Wildman–Crippen MR) is 101 cm³/mol. The molecule has 136 valence electrons. The van der Waals surface area contributed by atoms with Crippen molar-refractivity contribution in [3.8, 4) is 11.5 Å². The summed E-state index contributed by atoms with van der Waals surface area (Å²) in [5, 5.41) is 0. The highest BCUT2D eigenvalue weighted by Crippen LogP contribution is 2.50. The van der Waals surface area contributed by atoms with Crippen LogP contribution in [0.3, 0.4) is 0 Å². The molecular weight excluding hydrogens is 326 g/mol. The van der Waals surface area contributed by atoms with Crippen LogP contribution in [0.4, 0.5) is 0 Å². The fourth-order valence-electron chi connectivity index (χ4n) is 3.98. The highest BCUT2D eigenvalue weighted by Gasteiger charge is 2.53. The highest BCUT2D eigenvalue weighted by molar-refractivity contribution is 5.91. The Bertz CT molecular complexity index is 837. The number of carbonyl (C=O) groups excluding carboxylic acids is 1. The summed E-state index contributed by atoms with van der Waals surface area (Å²) in [7, 11) is 3.30. The first-order valence-corrected chi connectivity index (χ1v) is 9.18. The number of ether oxygens (including phenoxy) is 2. The third-order valence-corrected chi connectivity index (χ3v) is 5.77. The molecule has 0 aromatic heterocycles. The molecule has 2 aliphatic rings. The summed E-state index contributed by atoms with van der Waals surface area (Å²) in [6.45, 7) is 3.48. The van der Waals surface area contributed by atoms with Gasteiger partial charge in [-0.1, -0.05) is 29.8 Å². The zero-order valence-electron chi connectivity index (χ0n) is 15.7. The van der Waals surface area contributed by atoms with Crippen LogP contribution in [-0.2, 0) is 23.2 Å². The van der Waals surface area contributed by atoms with Crippen molar-refractivity contribution in [1.82, 2.24) is 4.90 Å². The summed E-state index contributed by atoms with van der Waals surface area (Å²) in [5.41, 5.74) is 4.48. The molecule has 0 spiro atoms. The summed E-state index contributed by atoms with van der Waals surface area (Å²) in [6, 6.07) is 12.5. The number of hydrogen-bond donors (Lipinski definition) is 0. The third-order valence-electron chi connectivity index (χ3n) is 5.77. The summed E-state index contributed by atoms with van der Waals surface area (Å²) < 4.78 is 10.8. The lowest BCUT2D eigenvalue weighted by atomic mass is 9.91. The van der Waals surface area contributed by atoms with E-state index in [0.29, 0.717) is 6.54 Å². The number of hydrogen-bond acceptors (Lipinski definition) is 3. The highest BCUT2D eigenvalue weighted by atomic mass is 16.5. The molecule has 1 saturated carbocycles. The summed E-state index contributed by atoms with van der Waals surface area (Å²) in [6.07, 6.45) is 2.75. The number of fused-ring (bicyclic) bond motifs is 1. The van der Waals surface area contributed by atoms with Crippen molar-refractivity contribution >= 4 is 5.91 Å². The van der Waals surface area contributed by atoms with Crippen molar-refractivity contribution in [2.24, 2.45) is 0 Å². The average molecular weight is 351 g/mol. The molecule has 4 rings (SSSR count). The standard InChI is InChI=1S/C22H25NO3/c1-15-4-6-18(7-5-15)22(9-10-22)21(24)23-11-8-16-12-19(25-2)20(26-3)13-17(16)14-23/h4-7,12-13H,8-11,14H2,1-3H3. The number of aryl methyl sites for hydroxylation is 1. The van der Waals surface area contributed by atoms with E-state index in [1.807, 2.05) is 17.0 Å². The maximum absolute atomic E-state index is 13.3. The molecule has 1 aliphatic heterocycles.